The normalized spacial score (nSPS) is 10.7. The summed E-state index contributed by atoms with van der Waals surface area (Å²) in [6, 6.07) is 12.1. The summed E-state index contributed by atoms with van der Waals surface area (Å²) in [6.45, 7) is 0. The largest absolute Gasteiger partial charge is 0.331 e. The molecule has 0 bridgehead atoms. The molecule has 2 aromatic carbocycles. The van der Waals surface area contributed by atoms with Crippen LogP contribution in [0.25, 0.3) is 11.0 Å². The second kappa shape index (κ2) is 7.13. The van der Waals surface area contributed by atoms with Crippen LogP contribution in [0.15, 0.2) is 42.5 Å². The number of hydrogen-bond donors (Lipinski definition) is 2. The summed E-state index contributed by atoms with van der Waals surface area (Å²) >= 11 is 11.7. The number of halogens is 2. The number of hydrogen-bond acceptors (Lipinski definition) is 3. The first-order chi connectivity index (χ1) is 12.0. The number of fused-ring (bicyclic) bond motifs is 1. The molecule has 3 aromatic rings. The summed E-state index contributed by atoms with van der Waals surface area (Å²) in [5.74, 6) is -0.272. The molecule has 0 fully saturated rings. The van der Waals surface area contributed by atoms with Crippen molar-refractivity contribution in [2.24, 2.45) is 7.05 Å². The lowest BCUT2D eigenvalue weighted by molar-refractivity contribution is -0.121. The standard InChI is InChI=1S/C17H14Cl2N4O2/c1-23-14-5-3-2-4-13(14)20-15(23)9-16(24)21-22-17(25)10-6-7-11(18)12(19)8-10/h2-8H,9H2,1H3,(H,21,24)(H,22,25). The quantitative estimate of drug-likeness (QED) is 0.690. The van der Waals surface area contributed by atoms with E-state index in [1.165, 1.54) is 18.2 Å². The summed E-state index contributed by atoms with van der Waals surface area (Å²) in [5, 5.41) is 0.615. The smallest absolute Gasteiger partial charge is 0.269 e. The lowest BCUT2D eigenvalue weighted by atomic mass is 10.2. The number of para-hydroxylation sites is 2. The third-order valence-electron chi connectivity index (χ3n) is 3.70. The lowest BCUT2D eigenvalue weighted by Crippen LogP contribution is -2.42. The molecule has 2 N–H and O–H groups in total. The number of carbonyl (C=O) groups excluding carboxylic acids is 2. The fourth-order valence-electron chi connectivity index (χ4n) is 2.38. The molecule has 128 valence electrons. The van der Waals surface area contributed by atoms with Crippen LogP contribution in [0.2, 0.25) is 10.0 Å². The van der Waals surface area contributed by atoms with E-state index in [4.69, 9.17) is 23.2 Å². The van der Waals surface area contributed by atoms with Crippen molar-refractivity contribution in [2.75, 3.05) is 0 Å². The van der Waals surface area contributed by atoms with Gasteiger partial charge in [0.15, 0.2) is 0 Å². The first-order valence-electron chi connectivity index (χ1n) is 7.40. The fourth-order valence-corrected chi connectivity index (χ4v) is 2.68. The van der Waals surface area contributed by atoms with Crippen LogP contribution in [-0.2, 0) is 18.3 Å². The summed E-state index contributed by atoms with van der Waals surface area (Å²) in [7, 11) is 1.84. The van der Waals surface area contributed by atoms with Gasteiger partial charge in [0, 0.05) is 12.6 Å². The van der Waals surface area contributed by atoms with Gasteiger partial charge >= 0.3 is 0 Å². The highest BCUT2D eigenvalue weighted by Gasteiger charge is 2.13. The van der Waals surface area contributed by atoms with Crippen LogP contribution in [0.4, 0.5) is 0 Å². The number of nitrogens with zero attached hydrogens (tertiary/aromatic N) is 2. The molecule has 8 heteroatoms. The fraction of sp³-hybridized carbons (Fsp3) is 0.118. The molecule has 0 spiro atoms. The minimum atomic E-state index is -0.489. The molecule has 25 heavy (non-hydrogen) atoms. The highest BCUT2D eigenvalue weighted by molar-refractivity contribution is 6.42. The van der Waals surface area contributed by atoms with E-state index in [-0.39, 0.29) is 22.9 Å². The highest BCUT2D eigenvalue weighted by atomic mass is 35.5. The van der Waals surface area contributed by atoms with Gasteiger partial charge in [0.2, 0.25) is 5.91 Å². The highest BCUT2D eigenvalue weighted by Crippen LogP contribution is 2.22. The Morgan fingerprint density at radius 3 is 2.56 bits per heavy atom. The van der Waals surface area contributed by atoms with Crippen molar-refractivity contribution in [1.82, 2.24) is 20.4 Å². The van der Waals surface area contributed by atoms with Gasteiger partial charge < -0.3 is 4.57 Å². The van der Waals surface area contributed by atoms with E-state index < -0.39 is 5.91 Å². The maximum absolute atomic E-state index is 12.1. The van der Waals surface area contributed by atoms with Crippen molar-refractivity contribution in [3.8, 4) is 0 Å². The van der Waals surface area contributed by atoms with Crippen LogP contribution >= 0.6 is 23.2 Å². The number of benzene rings is 2. The van der Waals surface area contributed by atoms with Crippen LogP contribution in [0.1, 0.15) is 16.2 Å². The molecule has 3 rings (SSSR count). The van der Waals surface area contributed by atoms with Crippen molar-refractivity contribution in [1.29, 1.82) is 0 Å². The van der Waals surface area contributed by atoms with E-state index in [0.717, 1.165) is 11.0 Å². The Bertz CT molecular complexity index is 968. The molecule has 0 aliphatic heterocycles. The first kappa shape index (κ1) is 17.3. The molecule has 2 amide bonds. The predicted molar refractivity (Wildman–Crippen MR) is 96.5 cm³/mol. The van der Waals surface area contributed by atoms with Gasteiger partial charge in [-0.1, -0.05) is 35.3 Å². The van der Waals surface area contributed by atoms with Gasteiger partial charge in [0.25, 0.3) is 5.91 Å². The maximum atomic E-state index is 12.1. The van der Waals surface area contributed by atoms with E-state index in [1.54, 1.807) is 0 Å². The topological polar surface area (TPSA) is 76.0 Å². The van der Waals surface area contributed by atoms with Crippen LogP contribution < -0.4 is 10.9 Å². The number of hydrazine groups is 1. The van der Waals surface area contributed by atoms with E-state index >= 15 is 0 Å². The van der Waals surface area contributed by atoms with E-state index in [1.807, 2.05) is 35.9 Å². The molecule has 0 radical (unpaired) electrons. The van der Waals surface area contributed by atoms with Crippen LogP contribution in [0.3, 0.4) is 0 Å². The summed E-state index contributed by atoms with van der Waals surface area (Å²) in [6.07, 6.45) is 0.0346. The van der Waals surface area contributed by atoms with Crippen molar-refractivity contribution in [3.05, 3.63) is 63.9 Å². The Hall–Kier alpha value is -2.57. The SMILES string of the molecule is Cn1c(CC(=O)NNC(=O)c2ccc(Cl)c(Cl)c2)nc2ccccc21. The molecule has 0 saturated carbocycles. The molecule has 1 heterocycles. The number of aryl methyl sites for hydroxylation is 1. The molecule has 0 aliphatic carbocycles. The van der Waals surface area contributed by atoms with Crippen molar-refractivity contribution in [3.63, 3.8) is 0 Å². The molecular formula is C17H14Cl2N4O2. The lowest BCUT2D eigenvalue weighted by Gasteiger charge is -2.08. The second-order valence-electron chi connectivity index (χ2n) is 5.38. The van der Waals surface area contributed by atoms with Crippen molar-refractivity contribution in [2.45, 2.75) is 6.42 Å². The molecule has 0 unspecified atom stereocenters. The van der Waals surface area contributed by atoms with E-state index in [0.29, 0.717) is 10.8 Å². The van der Waals surface area contributed by atoms with Crippen LogP contribution in [0, 0.1) is 0 Å². The Balaban J connectivity index is 1.63. The van der Waals surface area contributed by atoms with Gasteiger partial charge in [0.1, 0.15) is 5.82 Å². The van der Waals surface area contributed by atoms with Crippen LogP contribution in [-0.4, -0.2) is 21.4 Å². The zero-order valence-electron chi connectivity index (χ0n) is 13.2. The number of rotatable bonds is 3. The summed E-state index contributed by atoms with van der Waals surface area (Å²) < 4.78 is 1.84. The number of carbonyl (C=O) groups is 2. The number of imidazole rings is 1. The Morgan fingerprint density at radius 2 is 1.84 bits per heavy atom. The van der Waals surface area contributed by atoms with Gasteiger partial charge in [-0.15, -0.1) is 0 Å². The number of amides is 2. The average Bonchev–Trinajstić information content (AvgIpc) is 2.91. The third kappa shape index (κ3) is 3.75. The molecule has 1 aromatic heterocycles. The summed E-state index contributed by atoms with van der Waals surface area (Å²) in [4.78, 5) is 28.5. The zero-order chi connectivity index (χ0) is 18.0. The maximum Gasteiger partial charge on any atom is 0.269 e. The Morgan fingerprint density at radius 1 is 1.08 bits per heavy atom. The molecule has 0 aliphatic rings. The minimum Gasteiger partial charge on any atom is -0.331 e. The zero-order valence-corrected chi connectivity index (χ0v) is 14.7. The second-order valence-corrected chi connectivity index (χ2v) is 6.20. The summed E-state index contributed by atoms with van der Waals surface area (Å²) in [5.41, 5.74) is 6.75. The number of aromatic nitrogens is 2. The molecular weight excluding hydrogens is 363 g/mol. The average molecular weight is 377 g/mol. The van der Waals surface area contributed by atoms with Gasteiger partial charge in [-0.2, -0.15) is 0 Å². The monoisotopic (exact) mass is 376 g/mol. The third-order valence-corrected chi connectivity index (χ3v) is 4.43. The van der Waals surface area contributed by atoms with Gasteiger partial charge in [-0.3, -0.25) is 20.4 Å². The van der Waals surface area contributed by atoms with E-state index in [2.05, 4.69) is 15.8 Å². The van der Waals surface area contributed by atoms with E-state index in [9.17, 15) is 9.59 Å². The minimum absolute atomic E-state index is 0.0346. The van der Waals surface area contributed by atoms with Crippen LogP contribution in [0.5, 0.6) is 0 Å². The van der Waals surface area contributed by atoms with Crippen molar-refractivity contribution < 1.29 is 9.59 Å². The predicted octanol–water partition coefficient (Wildman–Crippen LogP) is 2.88. The van der Waals surface area contributed by atoms with Crippen molar-refractivity contribution >= 4 is 46.0 Å². The Kier molecular flexibility index (Phi) is 4.92. The first-order valence-corrected chi connectivity index (χ1v) is 8.16. The van der Waals surface area contributed by atoms with Gasteiger partial charge in [0.05, 0.1) is 27.5 Å². The molecule has 6 nitrogen and oxygen atoms in total. The molecule has 0 saturated heterocycles. The van der Waals surface area contributed by atoms with Gasteiger partial charge in [-0.25, -0.2) is 4.98 Å². The van der Waals surface area contributed by atoms with Gasteiger partial charge in [-0.05, 0) is 30.3 Å². The molecule has 0 atom stereocenters. The Labute approximate surface area is 153 Å². The number of nitrogens with one attached hydrogen (secondary N) is 2.